The second kappa shape index (κ2) is 5.17. The monoisotopic (exact) mass is 252 g/mol. The molecule has 2 heterocycles. The highest BCUT2D eigenvalue weighted by molar-refractivity contribution is 5.79. The first-order valence-corrected chi connectivity index (χ1v) is 7.42. The zero-order valence-corrected chi connectivity index (χ0v) is 11.1. The number of carbonyl (C=O) groups excluding carboxylic acids is 1. The average molecular weight is 252 g/mol. The second-order valence-corrected chi connectivity index (χ2v) is 6.02. The predicted octanol–water partition coefficient (Wildman–Crippen LogP) is 1.30. The molecule has 4 heteroatoms. The zero-order valence-electron chi connectivity index (χ0n) is 11.1. The number of hydrogen-bond donors (Lipinski definition) is 1. The van der Waals surface area contributed by atoms with Crippen molar-refractivity contribution in [2.24, 2.45) is 0 Å². The van der Waals surface area contributed by atoms with Crippen LogP contribution in [0.5, 0.6) is 0 Å². The fourth-order valence-electron chi connectivity index (χ4n) is 3.98. The van der Waals surface area contributed by atoms with E-state index in [0.29, 0.717) is 12.6 Å². The van der Waals surface area contributed by atoms with E-state index in [1.54, 1.807) is 0 Å². The Kier molecular flexibility index (Phi) is 3.57. The van der Waals surface area contributed by atoms with Gasteiger partial charge in [0.2, 0.25) is 5.91 Å². The van der Waals surface area contributed by atoms with Crippen molar-refractivity contribution in [3.05, 3.63) is 0 Å². The van der Waals surface area contributed by atoms with Gasteiger partial charge in [-0.25, -0.2) is 0 Å². The second-order valence-electron chi connectivity index (χ2n) is 6.02. The minimum Gasteiger partial charge on any atom is -0.369 e. The summed E-state index contributed by atoms with van der Waals surface area (Å²) in [7, 11) is 0. The van der Waals surface area contributed by atoms with E-state index in [0.717, 1.165) is 39.0 Å². The van der Waals surface area contributed by atoms with Crippen LogP contribution in [0.25, 0.3) is 0 Å². The van der Waals surface area contributed by atoms with Crippen molar-refractivity contribution in [3.63, 3.8) is 0 Å². The van der Waals surface area contributed by atoms with Gasteiger partial charge in [0.1, 0.15) is 6.61 Å². The van der Waals surface area contributed by atoms with Gasteiger partial charge in [0.05, 0.1) is 12.1 Å². The Hall–Kier alpha value is -0.610. The van der Waals surface area contributed by atoms with Gasteiger partial charge in [-0.3, -0.25) is 4.79 Å². The highest BCUT2D eigenvalue weighted by Crippen LogP contribution is 2.37. The number of carbonyl (C=O) groups is 1. The summed E-state index contributed by atoms with van der Waals surface area (Å²) in [6.45, 7) is 3.14. The molecule has 4 nitrogen and oxygen atoms in total. The molecular weight excluding hydrogens is 228 g/mol. The number of hydrogen-bond acceptors (Lipinski definition) is 3. The number of morpholine rings is 1. The fraction of sp³-hybridized carbons (Fsp3) is 0.929. The van der Waals surface area contributed by atoms with Crippen LogP contribution in [0.15, 0.2) is 0 Å². The average Bonchev–Trinajstić information content (AvgIpc) is 2.78. The van der Waals surface area contributed by atoms with Crippen molar-refractivity contribution in [1.29, 1.82) is 0 Å². The molecule has 0 radical (unpaired) electrons. The maximum absolute atomic E-state index is 12.3. The van der Waals surface area contributed by atoms with Gasteiger partial charge in [-0.15, -0.1) is 0 Å². The van der Waals surface area contributed by atoms with Crippen LogP contribution in [0.1, 0.15) is 44.9 Å². The summed E-state index contributed by atoms with van der Waals surface area (Å²) in [5, 5.41) is 3.45. The summed E-state index contributed by atoms with van der Waals surface area (Å²) < 4.78 is 5.60. The SMILES string of the molecule is O=C1COCC2(CCCNCC2)N1C1CCCC1. The molecule has 0 aromatic carbocycles. The highest BCUT2D eigenvalue weighted by Gasteiger charge is 2.46. The van der Waals surface area contributed by atoms with Gasteiger partial charge < -0.3 is 15.0 Å². The summed E-state index contributed by atoms with van der Waals surface area (Å²) in [6.07, 6.45) is 8.26. The standard InChI is InChI=1S/C14H24N2O2/c17-13-10-18-11-14(6-3-8-15-9-7-14)16(13)12-4-1-2-5-12/h12,15H,1-11H2. The first kappa shape index (κ1) is 12.4. The summed E-state index contributed by atoms with van der Waals surface area (Å²) in [5.74, 6) is 0.232. The normalized spacial score (nSPS) is 35.1. The van der Waals surface area contributed by atoms with E-state index in [2.05, 4.69) is 10.2 Å². The third-order valence-electron chi connectivity index (χ3n) is 4.83. The van der Waals surface area contributed by atoms with Crippen molar-refractivity contribution >= 4 is 5.91 Å². The number of amides is 1. The fourth-order valence-corrected chi connectivity index (χ4v) is 3.98. The molecule has 1 spiro atoms. The van der Waals surface area contributed by atoms with Gasteiger partial charge in [0.15, 0.2) is 0 Å². The van der Waals surface area contributed by atoms with Crippen molar-refractivity contribution < 1.29 is 9.53 Å². The number of nitrogens with zero attached hydrogens (tertiary/aromatic N) is 1. The third-order valence-corrected chi connectivity index (χ3v) is 4.83. The Morgan fingerprint density at radius 1 is 1.17 bits per heavy atom. The van der Waals surface area contributed by atoms with Crippen LogP contribution >= 0.6 is 0 Å². The first-order chi connectivity index (χ1) is 8.82. The van der Waals surface area contributed by atoms with Crippen LogP contribution in [0.2, 0.25) is 0 Å². The molecule has 1 saturated carbocycles. The molecule has 3 rings (SSSR count). The Morgan fingerprint density at radius 2 is 2.00 bits per heavy atom. The van der Waals surface area contributed by atoms with E-state index in [1.165, 1.54) is 25.7 Å². The van der Waals surface area contributed by atoms with Crippen LogP contribution in [0.4, 0.5) is 0 Å². The molecule has 0 bridgehead atoms. The summed E-state index contributed by atoms with van der Waals surface area (Å²) in [6, 6.07) is 0.486. The van der Waals surface area contributed by atoms with E-state index in [1.807, 2.05) is 0 Å². The number of rotatable bonds is 1. The Balaban J connectivity index is 1.85. The van der Waals surface area contributed by atoms with Gasteiger partial charge in [-0.1, -0.05) is 12.8 Å². The molecule has 2 aliphatic heterocycles. The van der Waals surface area contributed by atoms with E-state index >= 15 is 0 Å². The van der Waals surface area contributed by atoms with Gasteiger partial charge in [-0.05, 0) is 45.2 Å². The van der Waals surface area contributed by atoms with Crippen LogP contribution in [0, 0.1) is 0 Å². The van der Waals surface area contributed by atoms with E-state index in [-0.39, 0.29) is 11.4 Å². The summed E-state index contributed by atoms with van der Waals surface area (Å²) in [5.41, 5.74) is -0.00611. The molecule has 2 saturated heterocycles. The van der Waals surface area contributed by atoms with Gasteiger partial charge >= 0.3 is 0 Å². The molecule has 1 amide bonds. The molecule has 1 unspecified atom stereocenters. The maximum atomic E-state index is 12.3. The van der Waals surface area contributed by atoms with Crippen LogP contribution < -0.4 is 5.32 Å². The lowest BCUT2D eigenvalue weighted by Crippen LogP contribution is -2.62. The largest absolute Gasteiger partial charge is 0.369 e. The number of nitrogens with one attached hydrogen (secondary N) is 1. The van der Waals surface area contributed by atoms with E-state index < -0.39 is 0 Å². The molecule has 1 aliphatic carbocycles. The Bertz CT molecular complexity index is 305. The quantitative estimate of drug-likeness (QED) is 0.765. The molecule has 102 valence electrons. The smallest absolute Gasteiger partial charge is 0.249 e. The predicted molar refractivity (Wildman–Crippen MR) is 69.4 cm³/mol. The van der Waals surface area contributed by atoms with E-state index in [9.17, 15) is 4.79 Å². The van der Waals surface area contributed by atoms with Crippen molar-refractivity contribution in [2.75, 3.05) is 26.3 Å². The topological polar surface area (TPSA) is 41.6 Å². The highest BCUT2D eigenvalue weighted by atomic mass is 16.5. The molecule has 18 heavy (non-hydrogen) atoms. The lowest BCUT2D eigenvalue weighted by molar-refractivity contribution is -0.164. The Morgan fingerprint density at radius 3 is 2.83 bits per heavy atom. The molecule has 3 fully saturated rings. The molecule has 0 aromatic heterocycles. The van der Waals surface area contributed by atoms with E-state index in [4.69, 9.17) is 4.74 Å². The van der Waals surface area contributed by atoms with Gasteiger partial charge in [0.25, 0.3) is 0 Å². The van der Waals surface area contributed by atoms with Gasteiger partial charge in [-0.2, -0.15) is 0 Å². The molecule has 1 N–H and O–H groups in total. The minimum atomic E-state index is -0.00611. The lowest BCUT2D eigenvalue weighted by atomic mass is 9.86. The lowest BCUT2D eigenvalue weighted by Gasteiger charge is -2.49. The van der Waals surface area contributed by atoms with Crippen molar-refractivity contribution in [1.82, 2.24) is 10.2 Å². The molecule has 0 aromatic rings. The number of ether oxygens (including phenoxy) is 1. The molecule has 3 aliphatic rings. The van der Waals surface area contributed by atoms with Crippen LogP contribution in [0.3, 0.4) is 0 Å². The zero-order chi connectivity index (χ0) is 12.4. The molecular formula is C14H24N2O2. The maximum Gasteiger partial charge on any atom is 0.249 e. The van der Waals surface area contributed by atoms with Gasteiger partial charge in [0, 0.05) is 6.04 Å². The van der Waals surface area contributed by atoms with Crippen LogP contribution in [-0.4, -0.2) is 48.7 Å². The van der Waals surface area contributed by atoms with Crippen molar-refractivity contribution in [3.8, 4) is 0 Å². The Labute approximate surface area is 109 Å². The first-order valence-electron chi connectivity index (χ1n) is 7.42. The third kappa shape index (κ3) is 2.16. The van der Waals surface area contributed by atoms with Crippen molar-refractivity contribution in [2.45, 2.75) is 56.5 Å². The summed E-state index contributed by atoms with van der Waals surface area (Å²) >= 11 is 0. The molecule has 1 atom stereocenters. The van der Waals surface area contributed by atoms with Crippen LogP contribution in [-0.2, 0) is 9.53 Å². The summed E-state index contributed by atoms with van der Waals surface area (Å²) in [4.78, 5) is 14.6. The minimum absolute atomic E-state index is 0.00611.